The molecular weight excluding hydrogens is 222 g/mol. The zero-order chi connectivity index (χ0) is 12.0. The van der Waals surface area contributed by atoms with E-state index in [2.05, 4.69) is 36.1 Å². The molecule has 0 bridgehead atoms. The van der Waals surface area contributed by atoms with Gasteiger partial charge >= 0.3 is 0 Å². The lowest BCUT2D eigenvalue weighted by atomic mass is 10.3. The summed E-state index contributed by atoms with van der Waals surface area (Å²) < 4.78 is 0. The van der Waals surface area contributed by atoms with Gasteiger partial charge in [0.15, 0.2) is 0 Å². The summed E-state index contributed by atoms with van der Waals surface area (Å²) in [4.78, 5) is 6.70. The number of hydrogen-bond donors (Lipinski definition) is 1. The molecule has 16 heavy (non-hydrogen) atoms. The van der Waals surface area contributed by atoms with Gasteiger partial charge in [-0.3, -0.25) is 0 Å². The Labute approximate surface area is 103 Å². The maximum absolute atomic E-state index is 6.09. The number of pyridine rings is 1. The Bertz CT molecular complexity index is 328. The summed E-state index contributed by atoms with van der Waals surface area (Å²) in [5, 5.41) is 3.97. The molecule has 0 amide bonds. The fraction of sp³-hybridized carbons (Fsp3) is 0.583. The molecule has 0 spiro atoms. The van der Waals surface area contributed by atoms with Crippen LogP contribution in [0.3, 0.4) is 0 Å². The van der Waals surface area contributed by atoms with Crippen molar-refractivity contribution in [3.05, 3.63) is 22.8 Å². The van der Waals surface area contributed by atoms with Gasteiger partial charge in [-0.25, -0.2) is 4.98 Å². The third kappa shape index (κ3) is 3.65. The highest BCUT2D eigenvalue weighted by Gasteiger charge is 2.06. The molecule has 0 atom stereocenters. The minimum atomic E-state index is 0.725. The summed E-state index contributed by atoms with van der Waals surface area (Å²) in [6, 6.07) is 3.89. The van der Waals surface area contributed by atoms with Gasteiger partial charge in [0.25, 0.3) is 0 Å². The van der Waals surface area contributed by atoms with Crippen LogP contribution in [0.4, 0.5) is 5.82 Å². The minimum Gasteiger partial charge on any atom is -0.360 e. The third-order valence-electron chi connectivity index (χ3n) is 2.40. The number of hydrogen-bond acceptors (Lipinski definition) is 3. The lowest BCUT2D eigenvalue weighted by Crippen LogP contribution is -2.20. The van der Waals surface area contributed by atoms with E-state index in [1.54, 1.807) is 0 Å². The average molecular weight is 242 g/mol. The number of rotatable bonds is 6. The number of anilines is 1. The maximum atomic E-state index is 6.09. The Morgan fingerprint density at radius 1 is 1.38 bits per heavy atom. The van der Waals surface area contributed by atoms with Gasteiger partial charge in [-0.05, 0) is 25.1 Å². The normalized spacial score (nSPS) is 10.5. The van der Waals surface area contributed by atoms with Gasteiger partial charge in [-0.15, -0.1) is 0 Å². The molecule has 0 saturated carbocycles. The van der Waals surface area contributed by atoms with E-state index in [0.717, 1.165) is 42.6 Å². The van der Waals surface area contributed by atoms with E-state index in [4.69, 9.17) is 11.6 Å². The topological polar surface area (TPSA) is 28.2 Å². The highest BCUT2D eigenvalue weighted by molar-refractivity contribution is 6.31. The second kappa shape index (κ2) is 6.71. The lowest BCUT2D eigenvalue weighted by Gasteiger charge is -2.18. The molecule has 3 nitrogen and oxygen atoms in total. The first-order valence-corrected chi connectivity index (χ1v) is 6.14. The summed E-state index contributed by atoms with van der Waals surface area (Å²) in [7, 11) is 2.05. The molecule has 0 aliphatic rings. The molecule has 90 valence electrons. The highest BCUT2D eigenvalue weighted by Crippen LogP contribution is 2.18. The quantitative estimate of drug-likeness (QED) is 0.830. The third-order valence-corrected chi connectivity index (χ3v) is 2.74. The van der Waals surface area contributed by atoms with Crippen molar-refractivity contribution in [3.8, 4) is 0 Å². The molecule has 0 radical (unpaired) electrons. The summed E-state index contributed by atoms with van der Waals surface area (Å²) in [6.45, 7) is 6.89. The summed E-state index contributed by atoms with van der Waals surface area (Å²) >= 11 is 6.09. The Kier molecular flexibility index (Phi) is 5.56. The molecule has 0 fully saturated rings. The van der Waals surface area contributed by atoms with E-state index < -0.39 is 0 Å². The summed E-state index contributed by atoms with van der Waals surface area (Å²) in [5.41, 5.74) is 0.920. The number of nitrogens with zero attached hydrogens (tertiary/aromatic N) is 2. The first-order valence-electron chi connectivity index (χ1n) is 5.76. The van der Waals surface area contributed by atoms with Crippen LogP contribution >= 0.6 is 11.6 Å². The van der Waals surface area contributed by atoms with Crippen molar-refractivity contribution >= 4 is 17.4 Å². The van der Waals surface area contributed by atoms with Gasteiger partial charge < -0.3 is 10.2 Å². The van der Waals surface area contributed by atoms with E-state index in [0.29, 0.717) is 0 Å². The Morgan fingerprint density at radius 3 is 2.75 bits per heavy atom. The van der Waals surface area contributed by atoms with E-state index in [-0.39, 0.29) is 0 Å². The van der Waals surface area contributed by atoms with E-state index in [1.807, 2.05) is 12.1 Å². The maximum Gasteiger partial charge on any atom is 0.128 e. The van der Waals surface area contributed by atoms with Crippen molar-refractivity contribution in [2.45, 2.75) is 26.8 Å². The van der Waals surface area contributed by atoms with Crippen molar-refractivity contribution in [2.75, 3.05) is 25.0 Å². The molecule has 0 aliphatic heterocycles. The minimum absolute atomic E-state index is 0.725. The number of nitrogens with one attached hydrogen (secondary N) is 1. The second-order valence-corrected chi connectivity index (χ2v) is 4.21. The van der Waals surface area contributed by atoms with Crippen molar-refractivity contribution in [2.24, 2.45) is 0 Å². The second-order valence-electron chi connectivity index (χ2n) is 3.80. The molecule has 1 aromatic heterocycles. The van der Waals surface area contributed by atoms with E-state index in [1.165, 1.54) is 0 Å². The predicted molar refractivity (Wildman–Crippen MR) is 70.2 cm³/mol. The lowest BCUT2D eigenvalue weighted by molar-refractivity contribution is 0.708. The summed E-state index contributed by atoms with van der Waals surface area (Å²) in [5.74, 6) is 0.985. The Hall–Kier alpha value is -0.800. The van der Waals surface area contributed by atoms with Crippen LogP contribution in [-0.4, -0.2) is 25.1 Å². The Balaban J connectivity index is 2.80. The van der Waals surface area contributed by atoms with Crippen LogP contribution in [0.15, 0.2) is 12.1 Å². The van der Waals surface area contributed by atoms with Gasteiger partial charge in [-0.2, -0.15) is 0 Å². The fourth-order valence-corrected chi connectivity index (χ4v) is 1.67. The molecule has 1 aromatic rings. The van der Waals surface area contributed by atoms with Gasteiger partial charge in [0.2, 0.25) is 0 Å². The van der Waals surface area contributed by atoms with Crippen molar-refractivity contribution < 1.29 is 0 Å². The van der Waals surface area contributed by atoms with Gasteiger partial charge in [0.1, 0.15) is 5.82 Å². The van der Waals surface area contributed by atoms with Crippen LogP contribution in [-0.2, 0) is 6.54 Å². The molecular formula is C12H20ClN3. The van der Waals surface area contributed by atoms with Crippen molar-refractivity contribution in [3.63, 3.8) is 0 Å². The van der Waals surface area contributed by atoms with Crippen LogP contribution < -0.4 is 10.2 Å². The monoisotopic (exact) mass is 241 g/mol. The summed E-state index contributed by atoms with van der Waals surface area (Å²) in [6.07, 6.45) is 1.11. The first kappa shape index (κ1) is 13.3. The standard InChI is InChI=1S/C12H20ClN3/c1-4-8-16(3)12-7-6-10(13)11(15-12)9-14-5-2/h6-7,14H,4-5,8-9H2,1-3H3. The van der Waals surface area contributed by atoms with Crippen LogP contribution in [0.25, 0.3) is 0 Å². The van der Waals surface area contributed by atoms with Gasteiger partial charge in [0, 0.05) is 20.1 Å². The number of aromatic nitrogens is 1. The van der Waals surface area contributed by atoms with E-state index in [9.17, 15) is 0 Å². The molecule has 1 rings (SSSR count). The van der Waals surface area contributed by atoms with Crippen LogP contribution in [0.1, 0.15) is 26.0 Å². The molecule has 0 saturated heterocycles. The van der Waals surface area contributed by atoms with E-state index >= 15 is 0 Å². The van der Waals surface area contributed by atoms with Crippen LogP contribution in [0.2, 0.25) is 5.02 Å². The Morgan fingerprint density at radius 2 is 2.12 bits per heavy atom. The molecule has 4 heteroatoms. The highest BCUT2D eigenvalue weighted by atomic mass is 35.5. The zero-order valence-electron chi connectivity index (χ0n) is 10.3. The molecule has 0 aromatic carbocycles. The van der Waals surface area contributed by atoms with Gasteiger partial charge in [0.05, 0.1) is 10.7 Å². The predicted octanol–water partition coefficient (Wildman–Crippen LogP) is 2.69. The average Bonchev–Trinajstić information content (AvgIpc) is 2.28. The SMILES string of the molecule is CCCN(C)c1ccc(Cl)c(CNCC)n1. The molecule has 0 aliphatic carbocycles. The van der Waals surface area contributed by atoms with Gasteiger partial charge in [-0.1, -0.05) is 25.4 Å². The largest absolute Gasteiger partial charge is 0.360 e. The number of halogens is 1. The van der Waals surface area contributed by atoms with Crippen molar-refractivity contribution in [1.82, 2.24) is 10.3 Å². The van der Waals surface area contributed by atoms with Crippen LogP contribution in [0.5, 0.6) is 0 Å². The van der Waals surface area contributed by atoms with Crippen LogP contribution in [0, 0.1) is 0 Å². The first-order chi connectivity index (χ1) is 7.69. The fourth-order valence-electron chi connectivity index (χ4n) is 1.50. The molecule has 0 unspecified atom stereocenters. The smallest absolute Gasteiger partial charge is 0.128 e. The molecule has 1 heterocycles. The van der Waals surface area contributed by atoms with Crippen molar-refractivity contribution in [1.29, 1.82) is 0 Å². The zero-order valence-corrected chi connectivity index (χ0v) is 11.0. The molecule has 1 N–H and O–H groups in total.